The molecule has 0 radical (unpaired) electrons. The maximum absolute atomic E-state index is 5.27. The lowest BCUT2D eigenvalue weighted by atomic mass is 10.1. The summed E-state index contributed by atoms with van der Waals surface area (Å²) in [6.45, 7) is 0.817. The van der Waals surface area contributed by atoms with Crippen LogP contribution in [0, 0.1) is 0 Å². The van der Waals surface area contributed by atoms with Crippen LogP contribution in [0.25, 0.3) is 10.9 Å². The van der Waals surface area contributed by atoms with Crippen molar-refractivity contribution in [1.29, 1.82) is 0 Å². The van der Waals surface area contributed by atoms with Crippen LogP contribution in [0.5, 0.6) is 0 Å². The number of hydrogen-bond acceptors (Lipinski definition) is 2. The van der Waals surface area contributed by atoms with Crippen molar-refractivity contribution in [2.45, 2.75) is 6.42 Å². The van der Waals surface area contributed by atoms with Crippen molar-refractivity contribution < 1.29 is 4.74 Å². The molecule has 0 saturated heterocycles. The summed E-state index contributed by atoms with van der Waals surface area (Å²) in [5.41, 5.74) is 3.54. The van der Waals surface area contributed by atoms with Crippen LogP contribution in [0.3, 0.4) is 0 Å². The lowest BCUT2D eigenvalue weighted by molar-refractivity contribution is 0.399. The maximum Gasteiger partial charge on any atom is 0.233 e. The van der Waals surface area contributed by atoms with Crippen LogP contribution < -0.4 is 0 Å². The summed E-state index contributed by atoms with van der Waals surface area (Å²) >= 11 is 0. The Morgan fingerprint density at radius 3 is 3.07 bits per heavy atom. The normalized spacial score (nSPS) is 14.9. The second-order valence-electron chi connectivity index (χ2n) is 3.67. The summed E-state index contributed by atoms with van der Waals surface area (Å²) in [7, 11) is 1.67. The second kappa shape index (κ2) is 3.12. The number of rotatable bonds is 0. The summed E-state index contributed by atoms with van der Waals surface area (Å²) in [6, 6.07) is 8.33. The Morgan fingerprint density at radius 2 is 2.20 bits per heavy atom. The molecule has 2 aromatic rings. The van der Waals surface area contributed by atoms with Crippen LogP contribution in [0.4, 0.5) is 0 Å². The molecule has 0 bridgehead atoms. The fraction of sp³-hybridized carbons (Fsp3) is 0.250. The van der Waals surface area contributed by atoms with Crippen LogP contribution in [-0.4, -0.2) is 24.5 Å². The van der Waals surface area contributed by atoms with E-state index in [9.17, 15) is 0 Å². The Labute approximate surface area is 87.8 Å². The predicted molar refractivity (Wildman–Crippen MR) is 60.4 cm³/mol. The molecular weight excluding hydrogens is 188 g/mol. The van der Waals surface area contributed by atoms with Crippen LogP contribution in [0.1, 0.15) is 11.3 Å². The molecule has 1 N–H and O–H groups in total. The number of aliphatic imine (C=N–C) groups is 1. The molecule has 3 rings (SSSR count). The standard InChI is InChI=1S/C12H12N2O/c1-15-12-11-9(6-7-13-12)8-4-2-3-5-10(8)14-11/h2-5,14H,6-7H2,1H3. The zero-order chi connectivity index (χ0) is 10.3. The third-order valence-corrected chi connectivity index (χ3v) is 2.84. The molecule has 0 amide bonds. The third kappa shape index (κ3) is 1.16. The highest BCUT2D eigenvalue weighted by Crippen LogP contribution is 2.25. The number of benzene rings is 1. The number of methoxy groups -OCH3 is 1. The van der Waals surface area contributed by atoms with Crippen molar-refractivity contribution >= 4 is 16.8 Å². The van der Waals surface area contributed by atoms with Crippen LogP contribution in [-0.2, 0) is 11.2 Å². The highest BCUT2D eigenvalue weighted by atomic mass is 16.5. The zero-order valence-electron chi connectivity index (χ0n) is 8.58. The van der Waals surface area contributed by atoms with E-state index in [2.05, 4.69) is 28.2 Å². The van der Waals surface area contributed by atoms with E-state index in [-0.39, 0.29) is 0 Å². The quantitative estimate of drug-likeness (QED) is 0.695. The van der Waals surface area contributed by atoms with Crippen molar-refractivity contribution in [3.63, 3.8) is 0 Å². The minimum atomic E-state index is 0.729. The topological polar surface area (TPSA) is 37.4 Å². The number of ether oxygens (including phenoxy) is 1. The number of para-hydroxylation sites is 1. The van der Waals surface area contributed by atoms with Crippen LogP contribution in [0.15, 0.2) is 29.3 Å². The lowest BCUT2D eigenvalue weighted by Crippen LogP contribution is -2.13. The molecule has 0 saturated carbocycles. The Bertz CT molecular complexity index is 540. The van der Waals surface area contributed by atoms with Gasteiger partial charge in [-0.15, -0.1) is 0 Å². The number of nitrogens with one attached hydrogen (secondary N) is 1. The Morgan fingerprint density at radius 1 is 1.33 bits per heavy atom. The third-order valence-electron chi connectivity index (χ3n) is 2.84. The van der Waals surface area contributed by atoms with Crippen molar-refractivity contribution in [3.8, 4) is 0 Å². The van der Waals surface area contributed by atoms with Gasteiger partial charge in [0, 0.05) is 17.4 Å². The summed E-state index contributed by atoms with van der Waals surface area (Å²) < 4.78 is 5.27. The molecule has 0 atom stereocenters. The van der Waals surface area contributed by atoms with E-state index in [1.165, 1.54) is 10.9 Å². The average molecular weight is 200 g/mol. The van der Waals surface area contributed by atoms with Crippen molar-refractivity contribution in [3.05, 3.63) is 35.5 Å². The fourth-order valence-electron chi connectivity index (χ4n) is 2.16. The van der Waals surface area contributed by atoms with E-state index < -0.39 is 0 Å². The van der Waals surface area contributed by atoms with Crippen molar-refractivity contribution in [2.75, 3.05) is 13.7 Å². The highest BCUT2D eigenvalue weighted by molar-refractivity contribution is 6.01. The van der Waals surface area contributed by atoms with Gasteiger partial charge < -0.3 is 9.72 Å². The van der Waals surface area contributed by atoms with Gasteiger partial charge in [-0.2, -0.15) is 0 Å². The molecule has 1 aliphatic rings. The minimum Gasteiger partial charge on any atom is -0.480 e. The fourth-order valence-corrected chi connectivity index (χ4v) is 2.16. The molecule has 0 spiro atoms. The van der Waals surface area contributed by atoms with Gasteiger partial charge in [-0.25, -0.2) is 4.99 Å². The first-order chi connectivity index (χ1) is 7.40. The molecule has 15 heavy (non-hydrogen) atoms. The van der Waals surface area contributed by atoms with E-state index in [4.69, 9.17) is 4.74 Å². The van der Waals surface area contributed by atoms with E-state index in [0.717, 1.165) is 30.1 Å². The first kappa shape index (κ1) is 8.53. The van der Waals surface area contributed by atoms with Gasteiger partial charge in [-0.1, -0.05) is 18.2 Å². The van der Waals surface area contributed by atoms with Crippen molar-refractivity contribution in [1.82, 2.24) is 4.98 Å². The van der Waals surface area contributed by atoms with Gasteiger partial charge in [0.15, 0.2) is 0 Å². The predicted octanol–water partition coefficient (Wildman–Crippen LogP) is 2.12. The number of aromatic amines is 1. The molecular formula is C12H12N2O. The van der Waals surface area contributed by atoms with E-state index in [1.54, 1.807) is 7.11 Å². The molecule has 0 fully saturated rings. The van der Waals surface area contributed by atoms with E-state index >= 15 is 0 Å². The monoisotopic (exact) mass is 200 g/mol. The van der Waals surface area contributed by atoms with Gasteiger partial charge in [0.1, 0.15) is 5.69 Å². The second-order valence-corrected chi connectivity index (χ2v) is 3.67. The van der Waals surface area contributed by atoms with Gasteiger partial charge >= 0.3 is 0 Å². The molecule has 1 aliphatic heterocycles. The summed E-state index contributed by atoms with van der Waals surface area (Å²) in [6.07, 6.45) is 0.992. The van der Waals surface area contributed by atoms with Gasteiger partial charge in [0.2, 0.25) is 5.90 Å². The summed E-state index contributed by atoms with van der Waals surface area (Å²) in [5, 5.41) is 1.29. The lowest BCUT2D eigenvalue weighted by Gasteiger charge is -2.11. The van der Waals surface area contributed by atoms with Gasteiger partial charge in [0.25, 0.3) is 0 Å². The number of fused-ring (bicyclic) bond motifs is 3. The number of H-pyrrole nitrogens is 1. The summed E-state index contributed by atoms with van der Waals surface area (Å²) in [5.74, 6) is 0.729. The molecule has 1 aromatic heterocycles. The number of nitrogens with zero attached hydrogens (tertiary/aromatic N) is 1. The Balaban J connectivity index is 2.31. The number of hydrogen-bond donors (Lipinski definition) is 1. The molecule has 3 heteroatoms. The maximum atomic E-state index is 5.27. The Hall–Kier alpha value is -1.77. The SMILES string of the molecule is COC1=NCCc2c1[nH]c1ccccc21. The van der Waals surface area contributed by atoms with Crippen LogP contribution in [0.2, 0.25) is 0 Å². The van der Waals surface area contributed by atoms with E-state index in [0.29, 0.717) is 0 Å². The first-order valence-electron chi connectivity index (χ1n) is 5.08. The average Bonchev–Trinajstić information content (AvgIpc) is 2.67. The minimum absolute atomic E-state index is 0.729. The van der Waals surface area contributed by atoms with Gasteiger partial charge in [-0.3, -0.25) is 0 Å². The molecule has 0 aliphatic carbocycles. The van der Waals surface area contributed by atoms with Gasteiger partial charge in [0.05, 0.1) is 7.11 Å². The Kier molecular flexibility index (Phi) is 1.78. The largest absolute Gasteiger partial charge is 0.480 e. The highest BCUT2D eigenvalue weighted by Gasteiger charge is 2.19. The molecule has 1 aromatic carbocycles. The molecule has 76 valence electrons. The van der Waals surface area contributed by atoms with Gasteiger partial charge in [-0.05, 0) is 18.1 Å². The molecule has 2 heterocycles. The number of aromatic nitrogens is 1. The molecule has 0 unspecified atom stereocenters. The van der Waals surface area contributed by atoms with Crippen molar-refractivity contribution in [2.24, 2.45) is 4.99 Å². The molecule has 3 nitrogen and oxygen atoms in total. The first-order valence-corrected chi connectivity index (χ1v) is 5.08. The smallest absolute Gasteiger partial charge is 0.233 e. The van der Waals surface area contributed by atoms with E-state index in [1.807, 2.05) is 6.07 Å². The zero-order valence-corrected chi connectivity index (χ0v) is 8.58. The van der Waals surface area contributed by atoms with Crippen LogP contribution >= 0.6 is 0 Å². The summed E-state index contributed by atoms with van der Waals surface area (Å²) in [4.78, 5) is 7.71.